The standard InChI is InChI=1S/C8H18N2O2.Pt/c1-2-3-8-11-6(4-9)7(5-10)12-8;/h6-8H,2-5,9-10H2,1H3;/q;+2/t6-,7-;/m1./s1. The van der Waals surface area contributed by atoms with Gasteiger partial charge in [-0.2, -0.15) is 0 Å². The molecule has 4 nitrogen and oxygen atoms in total. The van der Waals surface area contributed by atoms with Crippen molar-refractivity contribution < 1.29 is 30.5 Å². The molecule has 1 aliphatic heterocycles. The van der Waals surface area contributed by atoms with Crippen LogP contribution in [0.15, 0.2) is 0 Å². The Hall–Kier alpha value is 0.528. The number of nitrogens with two attached hydrogens (primary N) is 2. The molecule has 0 aliphatic carbocycles. The van der Waals surface area contributed by atoms with E-state index in [9.17, 15) is 0 Å². The molecule has 5 heteroatoms. The van der Waals surface area contributed by atoms with Gasteiger partial charge in [-0.1, -0.05) is 13.3 Å². The predicted octanol–water partition coefficient (Wildman–Crippen LogP) is -0.188. The van der Waals surface area contributed by atoms with Crippen molar-refractivity contribution in [3.8, 4) is 0 Å². The van der Waals surface area contributed by atoms with E-state index in [2.05, 4.69) is 6.92 Å². The molecule has 1 fully saturated rings. The zero-order valence-electron chi connectivity index (χ0n) is 7.85. The summed E-state index contributed by atoms with van der Waals surface area (Å²) in [5, 5.41) is 0. The van der Waals surface area contributed by atoms with Gasteiger partial charge >= 0.3 is 21.1 Å². The van der Waals surface area contributed by atoms with E-state index < -0.39 is 0 Å². The van der Waals surface area contributed by atoms with Gasteiger partial charge in [-0.15, -0.1) is 0 Å². The molecule has 0 saturated carbocycles. The maximum atomic E-state index is 5.53. The Balaban J connectivity index is 0.00000144. The van der Waals surface area contributed by atoms with Crippen LogP contribution < -0.4 is 11.5 Å². The van der Waals surface area contributed by atoms with Crippen molar-refractivity contribution in [3.63, 3.8) is 0 Å². The summed E-state index contributed by atoms with van der Waals surface area (Å²) in [5.74, 6) is 0. The average Bonchev–Trinajstić information content (AvgIpc) is 2.48. The van der Waals surface area contributed by atoms with E-state index in [4.69, 9.17) is 20.9 Å². The van der Waals surface area contributed by atoms with Crippen molar-refractivity contribution in [2.45, 2.75) is 38.3 Å². The Bertz CT molecular complexity index is 125. The molecule has 0 aromatic heterocycles. The SMILES string of the molecule is CCCC1O[C@H](CN)[C@@H](CN)O1.[Pt+2]. The van der Waals surface area contributed by atoms with Crippen molar-refractivity contribution in [1.29, 1.82) is 0 Å². The number of ether oxygens (including phenoxy) is 2. The fourth-order valence-electron chi connectivity index (χ4n) is 1.38. The molecule has 1 rings (SSSR count). The summed E-state index contributed by atoms with van der Waals surface area (Å²) in [5.41, 5.74) is 11.0. The van der Waals surface area contributed by atoms with Crippen LogP contribution in [0.2, 0.25) is 0 Å². The molecule has 0 unspecified atom stereocenters. The van der Waals surface area contributed by atoms with Crippen LogP contribution in [0.1, 0.15) is 19.8 Å². The molecule has 4 N–H and O–H groups in total. The molecule has 0 radical (unpaired) electrons. The summed E-state index contributed by atoms with van der Waals surface area (Å²) in [6.45, 7) is 3.07. The Morgan fingerprint density at radius 3 is 1.85 bits per heavy atom. The van der Waals surface area contributed by atoms with Gasteiger partial charge in [0.05, 0.1) is 0 Å². The summed E-state index contributed by atoms with van der Waals surface area (Å²) in [4.78, 5) is 0. The van der Waals surface area contributed by atoms with Gasteiger partial charge < -0.3 is 20.9 Å². The minimum absolute atomic E-state index is 0. The summed E-state index contributed by atoms with van der Waals surface area (Å²) in [6.07, 6.45) is 1.88. The van der Waals surface area contributed by atoms with Gasteiger partial charge in [0.15, 0.2) is 6.29 Å². The molecular formula is C8H18N2O2Pt+2. The van der Waals surface area contributed by atoms with E-state index in [1.54, 1.807) is 0 Å². The van der Waals surface area contributed by atoms with E-state index in [1.807, 2.05) is 0 Å². The van der Waals surface area contributed by atoms with Gasteiger partial charge in [-0.05, 0) is 6.42 Å². The molecule has 13 heavy (non-hydrogen) atoms. The Kier molecular flexibility index (Phi) is 7.19. The second-order valence-electron chi connectivity index (χ2n) is 3.04. The monoisotopic (exact) mass is 369 g/mol. The Labute approximate surface area is 93.6 Å². The maximum Gasteiger partial charge on any atom is 2.00 e. The Morgan fingerprint density at radius 2 is 1.54 bits per heavy atom. The quantitative estimate of drug-likeness (QED) is 0.721. The van der Waals surface area contributed by atoms with Crippen LogP contribution in [0.3, 0.4) is 0 Å². The van der Waals surface area contributed by atoms with Crippen LogP contribution in [-0.2, 0) is 30.5 Å². The zero-order valence-corrected chi connectivity index (χ0v) is 10.1. The van der Waals surface area contributed by atoms with Crippen molar-refractivity contribution in [2.75, 3.05) is 13.1 Å². The van der Waals surface area contributed by atoms with Crippen molar-refractivity contribution in [2.24, 2.45) is 11.5 Å². The molecule has 0 spiro atoms. The van der Waals surface area contributed by atoms with Gasteiger partial charge in [0.1, 0.15) is 12.2 Å². The first-order chi connectivity index (χ1) is 5.81. The molecule has 1 heterocycles. The molecule has 1 aliphatic rings. The summed E-state index contributed by atoms with van der Waals surface area (Å²) in [6, 6.07) is 0. The topological polar surface area (TPSA) is 70.5 Å². The van der Waals surface area contributed by atoms with Crippen molar-refractivity contribution >= 4 is 0 Å². The van der Waals surface area contributed by atoms with E-state index in [0.717, 1.165) is 12.8 Å². The molecule has 2 atom stereocenters. The number of hydrogen-bond acceptors (Lipinski definition) is 4. The Morgan fingerprint density at radius 1 is 1.08 bits per heavy atom. The number of hydrogen-bond donors (Lipinski definition) is 2. The van der Waals surface area contributed by atoms with Crippen LogP contribution in [-0.4, -0.2) is 31.6 Å². The summed E-state index contributed by atoms with van der Waals surface area (Å²) in [7, 11) is 0. The summed E-state index contributed by atoms with van der Waals surface area (Å²) < 4.78 is 11.1. The first-order valence-electron chi connectivity index (χ1n) is 4.52. The predicted molar refractivity (Wildman–Crippen MR) is 46.6 cm³/mol. The molecule has 1 saturated heterocycles. The van der Waals surface area contributed by atoms with Gasteiger partial charge in [0.2, 0.25) is 0 Å². The van der Waals surface area contributed by atoms with Gasteiger partial charge in [-0.25, -0.2) is 0 Å². The van der Waals surface area contributed by atoms with Crippen LogP contribution in [0.5, 0.6) is 0 Å². The molecule has 0 bridgehead atoms. The zero-order chi connectivity index (χ0) is 8.97. The minimum Gasteiger partial charge on any atom is -0.345 e. The largest absolute Gasteiger partial charge is 2.00 e. The van der Waals surface area contributed by atoms with E-state index in [-0.39, 0.29) is 39.6 Å². The van der Waals surface area contributed by atoms with Gasteiger partial charge in [0.25, 0.3) is 0 Å². The van der Waals surface area contributed by atoms with E-state index in [0.29, 0.717) is 13.1 Å². The average molecular weight is 369 g/mol. The normalized spacial score (nSPS) is 28.8. The fraction of sp³-hybridized carbons (Fsp3) is 1.00. The van der Waals surface area contributed by atoms with Crippen LogP contribution in [0.25, 0.3) is 0 Å². The van der Waals surface area contributed by atoms with Gasteiger partial charge in [0, 0.05) is 13.1 Å². The molecule has 0 aromatic carbocycles. The third-order valence-electron chi connectivity index (χ3n) is 2.06. The molecular weight excluding hydrogens is 351 g/mol. The third-order valence-corrected chi connectivity index (χ3v) is 2.06. The molecule has 80 valence electrons. The van der Waals surface area contributed by atoms with E-state index in [1.165, 1.54) is 0 Å². The van der Waals surface area contributed by atoms with Crippen LogP contribution in [0, 0.1) is 0 Å². The van der Waals surface area contributed by atoms with E-state index >= 15 is 0 Å². The number of rotatable bonds is 4. The molecule has 0 aromatic rings. The van der Waals surface area contributed by atoms with Crippen LogP contribution in [0.4, 0.5) is 0 Å². The third kappa shape index (κ3) is 3.64. The fourth-order valence-corrected chi connectivity index (χ4v) is 1.38. The first kappa shape index (κ1) is 13.5. The minimum atomic E-state index is -0.0860. The smallest absolute Gasteiger partial charge is 0.345 e. The second kappa shape index (κ2) is 6.91. The second-order valence-corrected chi connectivity index (χ2v) is 3.04. The molecule has 0 amide bonds. The van der Waals surface area contributed by atoms with Crippen LogP contribution >= 0.6 is 0 Å². The summed E-state index contributed by atoms with van der Waals surface area (Å²) >= 11 is 0. The first-order valence-corrected chi connectivity index (χ1v) is 4.52. The van der Waals surface area contributed by atoms with Crippen molar-refractivity contribution in [3.05, 3.63) is 0 Å². The van der Waals surface area contributed by atoms with Gasteiger partial charge in [-0.3, -0.25) is 0 Å². The van der Waals surface area contributed by atoms with Crippen molar-refractivity contribution in [1.82, 2.24) is 0 Å². The maximum absolute atomic E-state index is 5.53.